The van der Waals surface area contributed by atoms with Crippen LogP contribution in [-0.4, -0.2) is 29.6 Å². The second-order valence-electron chi connectivity index (χ2n) is 10.1. The van der Waals surface area contributed by atoms with Crippen LogP contribution in [0.15, 0.2) is 109 Å². The molecule has 0 bridgehead atoms. The third-order valence-electron chi connectivity index (χ3n) is 8.29. The Bertz CT molecular complexity index is 1700. The highest BCUT2D eigenvalue weighted by molar-refractivity contribution is 6.18. The summed E-state index contributed by atoms with van der Waals surface area (Å²) < 4.78 is 15.2. The van der Waals surface area contributed by atoms with Gasteiger partial charge in [0.25, 0.3) is 0 Å². The van der Waals surface area contributed by atoms with Gasteiger partial charge in [0.15, 0.2) is 11.6 Å². The van der Waals surface area contributed by atoms with E-state index in [1.165, 1.54) is 18.2 Å². The summed E-state index contributed by atoms with van der Waals surface area (Å²) in [6.45, 7) is 0. The molecule has 39 heavy (non-hydrogen) atoms. The summed E-state index contributed by atoms with van der Waals surface area (Å²) in [6.07, 6.45) is 3.84. The number of nitrogens with one attached hydrogen (secondary N) is 1. The van der Waals surface area contributed by atoms with Gasteiger partial charge in [0.05, 0.1) is 17.5 Å². The fourth-order valence-corrected chi connectivity index (χ4v) is 6.72. The van der Waals surface area contributed by atoms with E-state index in [9.17, 15) is 14.4 Å². The second kappa shape index (κ2) is 8.60. The van der Waals surface area contributed by atoms with Crippen molar-refractivity contribution < 1.29 is 18.8 Å². The van der Waals surface area contributed by atoms with E-state index < -0.39 is 35.0 Å². The number of carbonyl (C=O) groups excluding carboxylic acids is 3. The van der Waals surface area contributed by atoms with Crippen LogP contribution in [0.25, 0.3) is 6.08 Å². The van der Waals surface area contributed by atoms with Crippen molar-refractivity contribution in [2.24, 2.45) is 5.92 Å². The zero-order chi connectivity index (χ0) is 26.7. The van der Waals surface area contributed by atoms with Gasteiger partial charge in [-0.3, -0.25) is 14.4 Å². The Morgan fingerprint density at radius 1 is 0.795 bits per heavy atom. The van der Waals surface area contributed by atoms with Crippen LogP contribution in [-0.2, 0) is 10.2 Å². The van der Waals surface area contributed by atoms with Crippen molar-refractivity contribution in [2.75, 3.05) is 10.2 Å². The molecule has 1 N–H and O–H groups in total. The summed E-state index contributed by atoms with van der Waals surface area (Å²) in [4.78, 5) is 45.2. The second-order valence-corrected chi connectivity index (χ2v) is 10.1. The molecule has 6 heteroatoms. The molecule has 0 aliphatic carbocycles. The van der Waals surface area contributed by atoms with Gasteiger partial charge in [0, 0.05) is 16.9 Å². The summed E-state index contributed by atoms with van der Waals surface area (Å²) in [5, 5.41) is 2.98. The predicted molar refractivity (Wildman–Crippen MR) is 147 cm³/mol. The zero-order valence-corrected chi connectivity index (χ0v) is 20.8. The van der Waals surface area contributed by atoms with Crippen LogP contribution in [0.3, 0.4) is 0 Å². The maximum atomic E-state index is 15.2. The Labute approximate surface area is 224 Å². The highest BCUT2D eigenvalue weighted by Gasteiger charge is 2.70. The van der Waals surface area contributed by atoms with Crippen LogP contribution in [0.5, 0.6) is 0 Å². The summed E-state index contributed by atoms with van der Waals surface area (Å²) in [7, 11) is 0. The molecular weight excluding hydrogens is 491 g/mol. The van der Waals surface area contributed by atoms with Crippen molar-refractivity contribution in [2.45, 2.75) is 17.5 Å². The first-order valence-electron chi connectivity index (χ1n) is 12.9. The molecule has 3 aliphatic rings. The number of anilines is 2. The third kappa shape index (κ3) is 3.15. The lowest BCUT2D eigenvalue weighted by Gasteiger charge is -2.37. The number of amides is 1. The molecule has 0 radical (unpaired) electrons. The van der Waals surface area contributed by atoms with Gasteiger partial charge in [-0.1, -0.05) is 91.0 Å². The van der Waals surface area contributed by atoms with Crippen molar-refractivity contribution in [1.29, 1.82) is 0 Å². The number of para-hydroxylation sites is 2. The minimum atomic E-state index is -1.46. The standard InChI is InChI=1S/C33H23FN2O3/c34-24-15-7-5-13-22(24)31(38)28-29(30(37)21-11-2-1-3-12-21)36-26-17-9-4-10-20(26)18-19-27(36)33(28)23-14-6-8-16-25(23)35-32(33)39/h1-19,27-29H,(H,35,39)/t27-,28+,29-,33-/m0/s1. The quantitative estimate of drug-likeness (QED) is 0.356. The molecule has 5 nitrogen and oxygen atoms in total. The van der Waals surface area contributed by atoms with E-state index in [4.69, 9.17) is 0 Å². The summed E-state index contributed by atoms with van der Waals surface area (Å²) in [6, 6.07) is 27.7. The maximum Gasteiger partial charge on any atom is 0.238 e. The molecule has 0 unspecified atom stereocenters. The van der Waals surface area contributed by atoms with Crippen molar-refractivity contribution in [3.05, 3.63) is 137 Å². The van der Waals surface area contributed by atoms with Crippen molar-refractivity contribution in [3.63, 3.8) is 0 Å². The molecule has 3 heterocycles. The maximum absolute atomic E-state index is 15.2. The number of Topliss-reactive ketones (excluding diaryl/α,β-unsaturated/α-hetero) is 2. The fraction of sp³-hybridized carbons (Fsp3) is 0.121. The average molecular weight is 515 g/mol. The normalized spacial score (nSPS) is 24.2. The van der Waals surface area contributed by atoms with Crippen LogP contribution in [0.2, 0.25) is 0 Å². The van der Waals surface area contributed by atoms with Crippen LogP contribution in [0, 0.1) is 11.7 Å². The zero-order valence-electron chi connectivity index (χ0n) is 20.8. The van der Waals surface area contributed by atoms with E-state index >= 15 is 4.39 Å². The van der Waals surface area contributed by atoms with E-state index in [0.29, 0.717) is 16.8 Å². The molecule has 4 aromatic carbocycles. The molecule has 3 aliphatic heterocycles. The average Bonchev–Trinajstić information content (AvgIpc) is 3.45. The van der Waals surface area contributed by atoms with Gasteiger partial charge in [0.2, 0.25) is 5.91 Å². The number of ketones is 2. The minimum Gasteiger partial charge on any atom is -0.352 e. The Balaban J connectivity index is 1.56. The van der Waals surface area contributed by atoms with Crippen LogP contribution < -0.4 is 10.2 Å². The van der Waals surface area contributed by atoms with Gasteiger partial charge in [-0.25, -0.2) is 4.39 Å². The van der Waals surface area contributed by atoms with E-state index in [-0.39, 0.29) is 17.3 Å². The molecule has 4 aromatic rings. The Morgan fingerprint density at radius 3 is 2.31 bits per heavy atom. The Kier molecular flexibility index (Phi) is 5.13. The molecule has 1 fully saturated rings. The lowest BCUT2D eigenvalue weighted by Crippen LogP contribution is -2.51. The van der Waals surface area contributed by atoms with Gasteiger partial charge < -0.3 is 10.2 Å². The van der Waals surface area contributed by atoms with Gasteiger partial charge in [-0.05, 0) is 35.4 Å². The van der Waals surface area contributed by atoms with Crippen molar-refractivity contribution >= 4 is 34.9 Å². The SMILES string of the molecule is O=C(c1ccccc1)[C@@H]1[C@H](C(=O)c2ccccc2F)[C@@]2(C(=O)Nc3ccccc32)[C@@H]2C=Cc3ccccc3N12. The Hall–Kier alpha value is -4.84. The predicted octanol–water partition coefficient (Wildman–Crippen LogP) is 5.68. The Morgan fingerprint density at radius 2 is 1.49 bits per heavy atom. The molecule has 7 rings (SSSR count). The van der Waals surface area contributed by atoms with E-state index in [1.54, 1.807) is 36.4 Å². The molecule has 0 aromatic heterocycles. The van der Waals surface area contributed by atoms with E-state index in [2.05, 4.69) is 5.32 Å². The first-order chi connectivity index (χ1) is 19.0. The van der Waals surface area contributed by atoms with E-state index in [0.717, 1.165) is 11.3 Å². The molecule has 1 spiro atoms. The largest absolute Gasteiger partial charge is 0.352 e. The lowest BCUT2D eigenvalue weighted by atomic mass is 9.64. The highest BCUT2D eigenvalue weighted by Crippen LogP contribution is 2.58. The minimum absolute atomic E-state index is 0.137. The van der Waals surface area contributed by atoms with Crippen molar-refractivity contribution in [1.82, 2.24) is 0 Å². The van der Waals surface area contributed by atoms with Gasteiger partial charge in [0.1, 0.15) is 17.3 Å². The molecule has 1 saturated heterocycles. The van der Waals surface area contributed by atoms with Crippen LogP contribution >= 0.6 is 0 Å². The summed E-state index contributed by atoms with van der Waals surface area (Å²) in [5.41, 5.74) is 1.67. The van der Waals surface area contributed by atoms with Gasteiger partial charge >= 0.3 is 0 Å². The molecule has 190 valence electrons. The molecule has 1 amide bonds. The monoisotopic (exact) mass is 514 g/mol. The van der Waals surface area contributed by atoms with Crippen LogP contribution in [0.4, 0.5) is 15.8 Å². The number of hydrogen-bond donors (Lipinski definition) is 1. The molecular formula is C33H23FN2O3. The number of hydrogen-bond acceptors (Lipinski definition) is 4. The number of rotatable bonds is 4. The van der Waals surface area contributed by atoms with Crippen LogP contribution in [0.1, 0.15) is 31.8 Å². The van der Waals surface area contributed by atoms with Gasteiger partial charge in [-0.15, -0.1) is 0 Å². The van der Waals surface area contributed by atoms with Gasteiger partial charge in [-0.2, -0.15) is 0 Å². The smallest absolute Gasteiger partial charge is 0.238 e. The first-order valence-corrected chi connectivity index (χ1v) is 12.9. The highest BCUT2D eigenvalue weighted by atomic mass is 19.1. The molecule has 0 saturated carbocycles. The lowest BCUT2D eigenvalue weighted by molar-refractivity contribution is -0.121. The third-order valence-corrected chi connectivity index (χ3v) is 8.29. The fourth-order valence-electron chi connectivity index (χ4n) is 6.72. The van der Waals surface area contributed by atoms with E-state index in [1.807, 2.05) is 65.6 Å². The number of carbonyl (C=O) groups is 3. The van der Waals surface area contributed by atoms with Crippen molar-refractivity contribution in [3.8, 4) is 0 Å². The first kappa shape index (κ1) is 23.3. The number of halogens is 1. The summed E-state index contributed by atoms with van der Waals surface area (Å²) >= 11 is 0. The molecule has 4 atom stereocenters. The number of nitrogens with zero attached hydrogens (tertiary/aromatic N) is 1. The number of fused-ring (bicyclic) bond motifs is 6. The number of benzene rings is 4. The topological polar surface area (TPSA) is 66.5 Å². The summed E-state index contributed by atoms with van der Waals surface area (Å²) in [5.74, 6) is -3.13.